The van der Waals surface area contributed by atoms with Crippen LogP contribution in [0, 0.1) is 19.8 Å². The molecule has 6 heteroatoms. The second-order valence-electron chi connectivity index (χ2n) is 5.32. The van der Waals surface area contributed by atoms with Crippen LogP contribution in [0.15, 0.2) is 4.52 Å². The molecule has 1 heterocycles. The van der Waals surface area contributed by atoms with Gasteiger partial charge in [-0.2, -0.15) is 0 Å². The van der Waals surface area contributed by atoms with Gasteiger partial charge in [-0.1, -0.05) is 5.16 Å². The maximum atomic E-state index is 11.9. The summed E-state index contributed by atoms with van der Waals surface area (Å²) in [7, 11) is 0. The van der Waals surface area contributed by atoms with Crippen LogP contribution >= 0.6 is 11.8 Å². The van der Waals surface area contributed by atoms with Gasteiger partial charge in [0.1, 0.15) is 5.76 Å². The molecule has 1 aliphatic carbocycles. The van der Waals surface area contributed by atoms with Gasteiger partial charge in [-0.05, 0) is 39.0 Å². The predicted molar refractivity (Wildman–Crippen MR) is 78.5 cm³/mol. The van der Waals surface area contributed by atoms with Crippen LogP contribution in [0.25, 0.3) is 0 Å². The number of aliphatic hydroxyl groups is 1. The molecule has 1 aliphatic rings. The minimum atomic E-state index is 0.0483. The summed E-state index contributed by atoms with van der Waals surface area (Å²) in [5, 5.41) is 15.9. The van der Waals surface area contributed by atoms with Crippen molar-refractivity contribution in [3.63, 3.8) is 0 Å². The number of hydrogen-bond acceptors (Lipinski definition) is 5. The second-order valence-corrected chi connectivity index (χ2v) is 6.30. The number of rotatable bonds is 8. The summed E-state index contributed by atoms with van der Waals surface area (Å²) >= 11 is 1.57. The lowest BCUT2D eigenvalue weighted by Crippen LogP contribution is -2.38. The Bertz CT molecular complexity index is 438. The molecule has 0 aromatic carbocycles. The van der Waals surface area contributed by atoms with Crippen molar-refractivity contribution in [1.29, 1.82) is 0 Å². The zero-order valence-electron chi connectivity index (χ0n) is 12.0. The molecule has 0 bridgehead atoms. The first-order valence-electron chi connectivity index (χ1n) is 7.01. The minimum absolute atomic E-state index is 0.0483. The molecule has 112 valence electrons. The fraction of sp³-hybridized carbons (Fsp3) is 0.714. The van der Waals surface area contributed by atoms with E-state index < -0.39 is 0 Å². The molecular formula is C14H22N2O3S. The Balaban J connectivity index is 1.72. The number of aromatic nitrogens is 1. The summed E-state index contributed by atoms with van der Waals surface area (Å²) in [5.41, 5.74) is 1.98. The van der Waals surface area contributed by atoms with Crippen molar-refractivity contribution < 1.29 is 14.4 Å². The van der Waals surface area contributed by atoms with E-state index in [0.29, 0.717) is 18.1 Å². The van der Waals surface area contributed by atoms with Gasteiger partial charge in [0.25, 0.3) is 0 Å². The molecule has 1 aromatic rings. The Morgan fingerprint density at radius 2 is 2.30 bits per heavy atom. The zero-order valence-corrected chi connectivity index (χ0v) is 12.8. The van der Waals surface area contributed by atoms with Crippen LogP contribution in [-0.4, -0.2) is 34.6 Å². The number of nitrogens with one attached hydrogen (secondary N) is 1. The minimum Gasteiger partial charge on any atom is -0.396 e. The monoisotopic (exact) mass is 298 g/mol. The first kappa shape index (κ1) is 15.4. The molecule has 1 fully saturated rings. The van der Waals surface area contributed by atoms with Crippen molar-refractivity contribution in [2.24, 2.45) is 5.92 Å². The van der Waals surface area contributed by atoms with Crippen molar-refractivity contribution in [2.45, 2.75) is 44.9 Å². The molecule has 1 unspecified atom stereocenters. The molecule has 0 spiro atoms. The number of hydrogen-bond donors (Lipinski definition) is 2. The molecule has 2 rings (SSSR count). The van der Waals surface area contributed by atoms with Gasteiger partial charge in [-0.15, -0.1) is 11.8 Å². The van der Waals surface area contributed by atoms with Crippen molar-refractivity contribution in [3.05, 3.63) is 17.0 Å². The van der Waals surface area contributed by atoms with E-state index in [2.05, 4.69) is 10.5 Å². The van der Waals surface area contributed by atoms with Gasteiger partial charge in [0.15, 0.2) is 0 Å². The zero-order chi connectivity index (χ0) is 14.5. The summed E-state index contributed by atoms with van der Waals surface area (Å²) < 4.78 is 5.10. The lowest BCUT2D eigenvalue weighted by atomic mass is 10.1. The Hall–Kier alpha value is -1.01. The fourth-order valence-corrected chi connectivity index (χ4v) is 3.25. The van der Waals surface area contributed by atoms with Gasteiger partial charge in [-0.25, -0.2) is 0 Å². The number of aryl methyl sites for hydroxylation is 2. The van der Waals surface area contributed by atoms with Crippen LogP contribution in [0.1, 0.15) is 36.3 Å². The average Bonchev–Trinajstić information content (AvgIpc) is 3.20. The first-order valence-corrected chi connectivity index (χ1v) is 8.17. The molecule has 0 radical (unpaired) electrons. The summed E-state index contributed by atoms with van der Waals surface area (Å²) in [4.78, 5) is 11.9. The highest BCUT2D eigenvalue weighted by molar-refractivity contribution is 7.99. The summed E-state index contributed by atoms with van der Waals surface area (Å²) in [6.07, 6.45) is 2.99. The number of carbonyl (C=O) groups excluding carboxylic acids is 1. The van der Waals surface area contributed by atoms with E-state index in [1.165, 1.54) is 0 Å². The topological polar surface area (TPSA) is 75.4 Å². The average molecular weight is 298 g/mol. The largest absolute Gasteiger partial charge is 0.396 e. The maximum absolute atomic E-state index is 11.9. The van der Waals surface area contributed by atoms with E-state index in [4.69, 9.17) is 9.63 Å². The summed E-state index contributed by atoms with van der Waals surface area (Å²) in [6.45, 7) is 3.94. The third-order valence-corrected chi connectivity index (χ3v) is 4.60. The van der Waals surface area contributed by atoms with E-state index in [1.54, 1.807) is 11.8 Å². The van der Waals surface area contributed by atoms with Crippen molar-refractivity contribution in [2.75, 3.05) is 12.4 Å². The van der Waals surface area contributed by atoms with Crippen LogP contribution < -0.4 is 5.32 Å². The SMILES string of the molecule is Cc1noc(C)c1CSCC(=O)NC(CCO)C1CC1. The van der Waals surface area contributed by atoms with Crippen LogP contribution in [-0.2, 0) is 10.5 Å². The highest BCUT2D eigenvalue weighted by Crippen LogP contribution is 2.34. The third-order valence-electron chi connectivity index (χ3n) is 3.64. The summed E-state index contributed by atoms with van der Waals surface area (Å²) in [5.74, 6) is 2.61. The van der Waals surface area contributed by atoms with Gasteiger partial charge < -0.3 is 14.9 Å². The van der Waals surface area contributed by atoms with Crippen molar-refractivity contribution in [3.8, 4) is 0 Å². The molecule has 5 nitrogen and oxygen atoms in total. The van der Waals surface area contributed by atoms with E-state index >= 15 is 0 Å². The van der Waals surface area contributed by atoms with Gasteiger partial charge in [-0.3, -0.25) is 4.79 Å². The first-order chi connectivity index (χ1) is 9.61. The van der Waals surface area contributed by atoms with Gasteiger partial charge >= 0.3 is 0 Å². The number of carbonyl (C=O) groups is 1. The number of aliphatic hydroxyl groups excluding tert-OH is 1. The Morgan fingerprint density at radius 1 is 1.55 bits per heavy atom. The van der Waals surface area contributed by atoms with Gasteiger partial charge in [0.2, 0.25) is 5.91 Å². The lowest BCUT2D eigenvalue weighted by Gasteiger charge is -2.16. The molecular weight excluding hydrogens is 276 g/mol. The normalized spacial score (nSPS) is 16.1. The number of thioether (sulfide) groups is 1. The highest BCUT2D eigenvalue weighted by Gasteiger charge is 2.31. The van der Waals surface area contributed by atoms with Gasteiger partial charge in [0, 0.05) is 24.0 Å². The molecule has 2 N–H and O–H groups in total. The molecule has 20 heavy (non-hydrogen) atoms. The Kier molecular flexibility index (Phi) is 5.48. The molecule has 1 saturated carbocycles. The van der Waals surface area contributed by atoms with E-state index in [-0.39, 0.29) is 18.6 Å². The molecule has 1 amide bonds. The van der Waals surface area contributed by atoms with Crippen LogP contribution in [0.4, 0.5) is 0 Å². The van der Waals surface area contributed by atoms with E-state index in [0.717, 1.165) is 35.6 Å². The molecule has 1 aromatic heterocycles. The van der Waals surface area contributed by atoms with Crippen LogP contribution in [0.5, 0.6) is 0 Å². The van der Waals surface area contributed by atoms with Crippen LogP contribution in [0.2, 0.25) is 0 Å². The fourth-order valence-electron chi connectivity index (χ4n) is 2.27. The van der Waals surface area contributed by atoms with Crippen molar-refractivity contribution >= 4 is 17.7 Å². The van der Waals surface area contributed by atoms with E-state index in [1.807, 2.05) is 13.8 Å². The lowest BCUT2D eigenvalue weighted by molar-refractivity contribution is -0.119. The summed E-state index contributed by atoms with van der Waals surface area (Å²) in [6, 6.07) is 0.146. The molecule has 0 aliphatic heterocycles. The number of amides is 1. The quantitative estimate of drug-likeness (QED) is 0.765. The van der Waals surface area contributed by atoms with Crippen molar-refractivity contribution in [1.82, 2.24) is 10.5 Å². The maximum Gasteiger partial charge on any atom is 0.230 e. The Labute approximate surface area is 123 Å². The van der Waals surface area contributed by atoms with Crippen LogP contribution in [0.3, 0.4) is 0 Å². The standard InChI is InChI=1S/C14H22N2O3S/c1-9-12(10(2)19-16-9)7-20-8-14(18)15-13(5-6-17)11-3-4-11/h11,13,17H,3-8H2,1-2H3,(H,15,18). The molecule has 0 saturated heterocycles. The third kappa shape index (κ3) is 4.24. The number of nitrogens with zero attached hydrogens (tertiary/aromatic N) is 1. The predicted octanol–water partition coefficient (Wildman–Crippen LogP) is 1.80. The highest BCUT2D eigenvalue weighted by atomic mass is 32.2. The molecule has 1 atom stereocenters. The Morgan fingerprint density at radius 3 is 2.85 bits per heavy atom. The van der Waals surface area contributed by atoms with E-state index in [9.17, 15) is 4.79 Å². The second kappa shape index (κ2) is 7.13. The smallest absolute Gasteiger partial charge is 0.230 e. The van der Waals surface area contributed by atoms with Gasteiger partial charge in [0.05, 0.1) is 11.4 Å².